The summed E-state index contributed by atoms with van der Waals surface area (Å²) >= 11 is 0. The van der Waals surface area contributed by atoms with E-state index >= 15 is 0 Å². The molecule has 0 bridgehead atoms. The van der Waals surface area contributed by atoms with Gasteiger partial charge in [0.1, 0.15) is 5.78 Å². The largest absolute Gasteiger partial charge is 0.388 e. The Hall–Kier alpha value is -2.00. The SMILES string of the molecule is CC(=O)N(C)C.CC(C)=O.CNC.CNC(C)=O.CNC(C)=O.COC. The highest BCUT2D eigenvalue weighted by atomic mass is 16.4. The van der Waals surface area contributed by atoms with E-state index in [1.807, 2.05) is 14.1 Å². The van der Waals surface area contributed by atoms with Crippen LogP contribution in [0.25, 0.3) is 0 Å². The number of rotatable bonds is 0. The maximum Gasteiger partial charge on any atom is 0.218 e. The predicted octanol–water partition coefficient (Wildman–Crippen LogP) is 0.293. The fourth-order valence-electron chi connectivity index (χ4n) is 0. The molecule has 0 aliphatic rings. The Morgan fingerprint density at radius 1 is 0.692 bits per heavy atom. The molecule has 0 aromatic carbocycles. The lowest BCUT2D eigenvalue weighted by Gasteiger charge is -2.02. The van der Waals surface area contributed by atoms with Crippen molar-refractivity contribution in [1.29, 1.82) is 0 Å². The summed E-state index contributed by atoms with van der Waals surface area (Å²) in [7, 11) is 13.6. The van der Waals surface area contributed by atoms with Gasteiger partial charge in [-0.25, -0.2) is 0 Å². The summed E-state index contributed by atoms with van der Waals surface area (Å²) in [6.45, 7) is 7.53. The molecule has 9 nitrogen and oxygen atoms in total. The van der Waals surface area contributed by atoms with Gasteiger partial charge >= 0.3 is 0 Å². The Kier molecular flexibility index (Phi) is 58.1. The van der Waals surface area contributed by atoms with Crippen LogP contribution in [0.15, 0.2) is 0 Å². The van der Waals surface area contributed by atoms with Crippen LogP contribution in [0.5, 0.6) is 0 Å². The minimum atomic E-state index is 0.00463. The number of nitrogens with one attached hydrogen (secondary N) is 3. The van der Waals surface area contributed by atoms with Crippen LogP contribution in [0.4, 0.5) is 0 Å². The molecule has 0 fully saturated rings. The van der Waals surface area contributed by atoms with Crippen LogP contribution >= 0.6 is 0 Å². The average molecular weight is 383 g/mol. The minimum absolute atomic E-state index is 0.00463. The Balaban J connectivity index is -0.0000000471. The molecule has 0 unspecified atom stereocenters. The molecule has 0 saturated heterocycles. The topological polar surface area (TPSA) is 117 Å². The average Bonchev–Trinajstić information content (AvgIpc) is 2.49. The van der Waals surface area contributed by atoms with Crippen LogP contribution in [-0.2, 0) is 23.9 Å². The fraction of sp³-hybridized carbons (Fsp3) is 0.765. The molecule has 0 rings (SSSR count). The van der Waals surface area contributed by atoms with Crippen molar-refractivity contribution >= 4 is 23.5 Å². The number of amides is 3. The van der Waals surface area contributed by atoms with E-state index in [0.717, 1.165) is 0 Å². The number of methoxy groups -OCH3 is 1. The normalized spacial score (nSPS) is 6.81. The maximum absolute atomic E-state index is 10.1. The van der Waals surface area contributed by atoms with Gasteiger partial charge in [0.25, 0.3) is 0 Å². The second kappa shape index (κ2) is 38.5. The molecule has 9 heteroatoms. The first kappa shape index (κ1) is 39.2. The molecule has 3 N–H and O–H groups in total. The van der Waals surface area contributed by atoms with E-state index in [2.05, 4.69) is 20.7 Å². The number of hydrogen-bond acceptors (Lipinski definition) is 6. The Labute approximate surface area is 160 Å². The van der Waals surface area contributed by atoms with E-state index in [4.69, 9.17) is 0 Å². The van der Waals surface area contributed by atoms with Gasteiger partial charge < -0.3 is 30.4 Å². The highest BCUT2D eigenvalue weighted by molar-refractivity contribution is 5.73. The van der Waals surface area contributed by atoms with E-state index in [1.165, 1.54) is 39.5 Å². The smallest absolute Gasteiger partial charge is 0.218 e. The number of ether oxygens (including phenoxy) is 1. The van der Waals surface area contributed by atoms with Crippen molar-refractivity contribution < 1.29 is 23.9 Å². The third-order valence-corrected chi connectivity index (χ3v) is 1.33. The quantitative estimate of drug-likeness (QED) is 0.554. The highest BCUT2D eigenvalue weighted by Gasteiger charge is 1.87. The van der Waals surface area contributed by atoms with Crippen molar-refractivity contribution in [1.82, 2.24) is 20.9 Å². The van der Waals surface area contributed by atoms with E-state index in [1.54, 1.807) is 42.4 Å². The van der Waals surface area contributed by atoms with Crippen LogP contribution in [0.2, 0.25) is 0 Å². The molecule has 3 amide bonds. The number of Topliss-reactive ketones (excluding diaryl/α,β-unsaturated/α-hetero) is 1. The van der Waals surface area contributed by atoms with Crippen molar-refractivity contribution in [2.45, 2.75) is 34.6 Å². The van der Waals surface area contributed by atoms with Gasteiger partial charge in [0.2, 0.25) is 17.7 Å². The van der Waals surface area contributed by atoms with Crippen molar-refractivity contribution in [3.8, 4) is 0 Å². The molecule has 0 aromatic heterocycles. The third kappa shape index (κ3) is 270. The van der Waals surface area contributed by atoms with E-state index in [0.29, 0.717) is 0 Å². The third-order valence-electron chi connectivity index (χ3n) is 1.33. The molecular weight excluding hydrogens is 340 g/mol. The summed E-state index contributed by atoms with van der Waals surface area (Å²) in [6.07, 6.45) is 0. The molecule has 0 radical (unpaired) electrons. The number of hydrogen-bond donors (Lipinski definition) is 3. The second-order valence-corrected chi connectivity index (χ2v) is 4.84. The van der Waals surface area contributed by atoms with Gasteiger partial charge in [-0.05, 0) is 27.9 Å². The summed E-state index contributed by atoms with van der Waals surface area (Å²) in [5.74, 6) is 0.269. The molecule has 0 atom stereocenters. The van der Waals surface area contributed by atoms with Crippen molar-refractivity contribution in [3.63, 3.8) is 0 Å². The first-order valence-electron chi connectivity index (χ1n) is 7.75. The molecule has 26 heavy (non-hydrogen) atoms. The summed E-state index contributed by atoms with van der Waals surface area (Å²) in [6, 6.07) is 0. The van der Waals surface area contributed by atoms with Crippen LogP contribution in [0.3, 0.4) is 0 Å². The van der Waals surface area contributed by atoms with Crippen LogP contribution in [0, 0.1) is 0 Å². The zero-order valence-corrected chi connectivity index (χ0v) is 19.0. The molecular formula is C17H42N4O5. The van der Waals surface area contributed by atoms with Crippen molar-refractivity contribution in [2.75, 3.05) is 56.5 Å². The summed E-state index contributed by atoms with van der Waals surface area (Å²) < 4.78 is 4.25. The lowest BCUT2D eigenvalue weighted by Crippen LogP contribution is -2.17. The van der Waals surface area contributed by atoms with Gasteiger partial charge in [0.05, 0.1) is 0 Å². The summed E-state index contributed by atoms with van der Waals surface area (Å²) in [5.41, 5.74) is 0. The molecule has 0 saturated carbocycles. The van der Waals surface area contributed by atoms with Gasteiger partial charge in [-0.3, -0.25) is 14.4 Å². The van der Waals surface area contributed by atoms with Gasteiger partial charge in [-0.15, -0.1) is 0 Å². The highest BCUT2D eigenvalue weighted by Crippen LogP contribution is 1.69. The number of carbonyl (C=O) groups excluding carboxylic acids is 4. The predicted molar refractivity (Wildman–Crippen MR) is 108 cm³/mol. The van der Waals surface area contributed by atoms with Crippen LogP contribution < -0.4 is 16.0 Å². The van der Waals surface area contributed by atoms with Crippen molar-refractivity contribution in [2.24, 2.45) is 0 Å². The molecule has 0 aromatic rings. The molecule has 160 valence electrons. The maximum atomic E-state index is 10.1. The van der Waals surface area contributed by atoms with Crippen LogP contribution in [-0.4, -0.2) is 84.9 Å². The lowest BCUT2D eigenvalue weighted by atomic mass is 10.6. The van der Waals surface area contributed by atoms with E-state index < -0.39 is 0 Å². The monoisotopic (exact) mass is 382 g/mol. The second-order valence-electron chi connectivity index (χ2n) is 4.84. The summed E-state index contributed by atoms with van der Waals surface area (Å²) in [5, 5.41) is 7.53. The first-order chi connectivity index (χ1) is 11.7. The zero-order chi connectivity index (χ0) is 22.7. The van der Waals surface area contributed by atoms with E-state index in [9.17, 15) is 19.2 Å². The number of ketones is 1. The zero-order valence-electron chi connectivity index (χ0n) is 19.0. The Bertz CT molecular complexity index is 302. The first-order valence-corrected chi connectivity index (χ1v) is 7.75. The van der Waals surface area contributed by atoms with Gasteiger partial charge in [-0.1, -0.05) is 0 Å². The van der Waals surface area contributed by atoms with Gasteiger partial charge in [0.15, 0.2) is 0 Å². The van der Waals surface area contributed by atoms with Gasteiger partial charge in [-0.2, -0.15) is 0 Å². The number of carbonyl (C=O) groups is 4. The molecule has 0 aliphatic carbocycles. The van der Waals surface area contributed by atoms with Gasteiger partial charge in [0, 0.05) is 63.2 Å². The minimum Gasteiger partial charge on any atom is -0.388 e. The Morgan fingerprint density at radius 2 is 0.769 bits per heavy atom. The fourth-order valence-corrected chi connectivity index (χ4v) is 0. The number of nitrogens with zero attached hydrogens (tertiary/aromatic N) is 1. The Morgan fingerprint density at radius 3 is 0.769 bits per heavy atom. The molecule has 0 aliphatic heterocycles. The molecule has 0 spiro atoms. The lowest BCUT2D eigenvalue weighted by molar-refractivity contribution is -0.126. The van der Waals surface area contributed by atoms with E-state index in [-0.39, 0.29) is 23.5 Å². The standard InChI is InChI=1S/C4H9NO.2C3H7NO.C3H6O.C2H7N.C2H6O/c1-4(6)5(2)3;2*1-3(5)4-2;1-3(2)4;2*1-3-2/h1-3H3;2*1-2H3,(H,4,5);1-2H3;3H,1-2H3;1-2H3. The molecule has 0 heterocycles. The van der Waals surface area contributed by atoms with Crippen LogP contribution in [0.1, 0.15) is 34.6 Å². The summed E-state index contributed by atoms with van der Waals surface area (Å²) in [4.78, 5) is 40.4. The van der Waals surface area contributed by atoms with Crippen molar-refractivity contribution in [3.05, 3.63) is 0 Å².